The molecule has 0 amide bonds. The summed E-state index contributed by atoms with van der Waals surface area (Å²) in [4.78, 5) is 0. The summed E-state index contributed by atoms with van der Waals surface area (Å²) in [5.74, 6) is 0. The molecule has 0 saturated heterocycles. The van der Waals surface area contributed by atoms with Crippen molar-refractivity contribution in [3.63, 3.8) is 0 Å². The summed E-state index contributed by atoms with van der Waals surface area (Å²) in [7, 11) is 0. The Bertz CT molecular complexity index is 341. The smallest absolute Gasteiger partial charge is 0.0585 e. The number of unbranched alkanes of at least 4 members (excludes halogenated alkanes) is 7. The average Bonchev–Trinajstić information content (AvgIpc) is 2.52. The summed E-state index contributed by atoms with van der Waals surface area (Å²) < 4.78 is 0. The first-order valence-electron chi connectivity index (χ1n) is 9.00. The molecule has 0 radical (unpaired) electrons. The quantitative estimate of drug-likeness (QED) is 0.278. The molecule has 0 heterocycles. The Morgan fingerprint density at radius 1 is 0.762 bits per heavy atom. The molecule has 0 fully saturated rings. The molecule has 0 aliphatic heterocycles. The van der Waals surface area contributed by atoms with Crippen molar-refractivity contribution in [2.75, 3.05) is 0 Å². The van der Waals surface area contributed by atoms with Crippen LogP contribution in [0.1, 0.15) is 94.6 Å². The van der Waals surface area contributed by atoms with Crippen molar-refractivity contribution in [3.05, 3.63) is 35.4 Å². The Morgan fingerprint density at radius 2 is 1.33 bits per heavy atom. The highest BCUT2D eigenvalue weighted by Gasteiger charge is 2.07. The largest absolute Gasteiger partial charge is 0.118 e. The second kappa shape index (κ2) is 12.1. The molecule has 1 rings (SSSR count). The molecule has 1 atom stereocenters. The van der Waals surface area contributed by atoms with E-state index in [0.717, 1.165) is 6.42 Å². The van der Waals surface area contributed by atoms with Crippen molar-refractivity contribution in [2.24, 2.45) is 0 Å². The van der Waals surface area contributed by atoms with Crippen LogP contribution in [0.25, 0.3) is 0 Å². The van der Waals surface area contributed by atoms with Crippen LogP contribution in [0.4, 0.5) is 0 Å². The zero-order valence-corrected chi connectivity index (χ0v) is 14.8. The molecular formula is C20H33Cl. The number of halogens is 1. The van der Waals surface area contributed by atoms with Crippen LogP contribution in [0.3, 0.4) is 0 Å². The van der Waals surface area contributed by atoms with Gasteiger partial charge in [-0.2, -0.15) is 0 Å². The molecule has 0 aliphatic rings. The SMILES string of the molecule is CCCCCCCCCC(Cl)c1ccc(CCCC)cc1. The average molecular weight is 309 g/mol. The molecule has 21 heavy (non-hydrogen) atoms. The van der Waals surface area contributed by atoms with E-state index in [2.05, 4.69) is 38.1 Å². The van der Waals surface area contributed by atoms with E-state index in [0.29, 0.717) is 0 Å². The Balaban J connectivity index is 2.17. The van der Waals surface area contributed by atoms with Crippen molar-refractivity contribution >= 4 is 11.6 Å². The van der Waals surface area contributed by atoms with Crippen LogP contribution in [-0.2, 0) is 6.42 Å². The second-order valence-corrected chi connectivity index (χ2v) is 6.75. The van der Waals surface area contributed by atoms with E-state index in [1.165, 1.54) is 75.3 Å². The fourth-order valence-electron chi connectivity index (χ4n) is 2.72. The summed E-state index contributed by atoms with van der Waals surface area (Å²) in [5.41, 5.74) is 2.74. The van der Waals surface area contributed by atoms with E-state index in [4.69, 9.17) is 11.6 Å². The summed E-state index contributed by atoms with van der Waals surface area (Å²) in [6.07, 6.45) is 14.3. The van der Waals surface area contributed by atoms with Crippen molar-refractivity contribution < 1.29 is 0 Å². The van der Waals surface area contributed by atoms with E-state index in [9.17, 15) is 0 Å². The standard InChI is InChI=1S/C20H33Cl/c1-3-5-7-8-9-10-11-13-20(21)19-16-14-18(15-17-19)12-6-4-2/h14-17,20H,3-13H2,1-2H3. The Labute approximate surface area is 137 Å². The van der Waals surface area contributed by atoms with Gasteiger partial charge in [-0.3, -0.25) is 0 Å². The number of alkyl halides is 1. The molecule has 0 nitrogen and oxygen atoms in total. The lowest BCUT2D eigenvalue weighted by molar-refractivity contribution is 0.572. The van der Waals surface area contributed by atoms with Crippen molar-refractivity contribution in [1.82, 2.24) is 0 Å². The highest BCUT2D eigenvalue weighted by Crippen LogP contribution is 2.27. The van der Waals surface area contributed by atoms with Crippen LogP contribution < -0.4 is 0 Å². The maximum absolute atomic E-state index is 6.53. The van der Waals surface area contributed by atoms with Gasteiger partial charge in [-0.1, -0.05) is 89.5 Å². The number of aryl methyl sites for hydroxylation is 1. The van der Waals surface area contributed by atoms with Crippen LogP contribution in [0.15, 0.2) is 24.3 Å². The van der Waals surface area contributed by atoms with Crippen molar-refractivity contribution in [1.29, 1.82) is 0 Å². The van der Waals surface area contributed by atoms with E-state index in [1.807, 2.05) is 0 Å². The van der Waals surface area contributed by atoms with Gasteiger partial charge < -0.3 is 0 Å². The molecule has 120 valence electrons. The number of benzene rings is 1. The molecule has 1 aromatic rings. The van der Waals surface area contributed by atoms with Crippen molar-refractivity contribution in [2.45, 2.75) is 89.9 Å². The molecule has 1 aromatic carbocycles. The minimum absolute atomic E-state index is 0.195. The van der Waals surface area contributed by atoms with Gasteiger partial charge >= 0.3 is 0 Å². The van der Waals surface area contributed by atoms with Crippen LogP contribution in [-0.4, -0.2) is 0 Å². The van der Waals surface area contributed by atoms with Gasteiger partial charge in [-0.25, -0.2) is 0 Å². The van der Waals surface area contributed by atoms with E-state index in [-0.39, 0.29) is 5.38 Å². The molecule has 0 aliphatic carbocycles. The number of hydrogen-bond donors (Lipinski definition) is 0. The van der Waals surface area contributed by atoms with Crippen LogP contribution in [0, 0.1) is 0 Å². The predicted molar refractivity (Wildman–Crippen MR) is 96.3 cm³/mol. The Hall–Kier alpha value is -0.490. The zero-order valence-electron chi connectivity index (χ0n) is 14.0. The highest BCUT2D eigenvalue weighted by molar-refractivity contribution is 6.20. The lowest BCUT2D eigenvalue weighted by Crippen LogP contribution is -1.92. The number of hydrogen-bond acceptors (Lipinski definition) is 0. The van der Waals surface area contributed by atoms with Gasteiger partial charge in [-0.15, -0.1) is 11.6 Å². The van der Waals surface area contributed by atoms with Crippen LogP contribution >= 0.6 is 11.6 Å². The van der Waals surface area contributed by atoms with Gasteiger partial charge in [0, 0.05) is 0 Å². The Kier molecular flexibility index (Phi) is 10.7. The van der Waals surface area contributed by atoms with Gasteiger partial charge in [0.25, 0.3) is 0 Å². The van der Waals surface area contributed by atoms with E-state index in [1.54, 1.807) is 0 Å². The summed E-state index contributed by atoms with van der Waals surface area (Å²) in [5, 5.41) is 0.195. The molecule has 1 unspecified atom stereocenters. The normalized spacial score (nSPS) is 12.5. The van der Waals surface area contributed by atoms with Gasteiger partial charge in [0.15, 0.2) is 0 Å². The summed E-state index contributed by atoms with van der Waals surface area (Å²) in [6, 6.07) is 8.96. The third-order valence-corrected chi connectivity index (χ3v) is 4.69. The molecule has 1 heteroatoms. The number of rotatable bonds is 12. The maximum atomic E-state index is 6.53. The third kappa shape index (κ3) is 8.51. The fourth-order valence-corrected chi connectivity index (χ4v) is 3.02. The lowest BCUT2D eigenvalue weighted by Gasteiger charge is -2.10. The maximum Gasteiger partial charge on any atom is 0.0585 e. The van der Waals surface area contributed by atoms with Crippen LogP contribution in [0.5, 0.6) is 0 Å². The molecule has 0 bridgehead atoms. The topological polar surface area (TPSA) is 0 Å². The van der Waals surface area contributed by atoms with Gasteiger partial charge in [0.2, 0.25) is 0 Å². The zero-order chi connectivity index (χ0) is 15.3. The predicted octanol–water partition coefficient (Wildman–Crippen LogP) is 7.45. The minimum Gasteiger partial charge on any atom is -0.118 e. The molecule has 0 spiro atoms. The fraction of sp³-hybridized carbons (Fsp3) is 0.700. The molecule has 0 N–H and O–H groups in total. The highest BCUT2D eigenvalue weighted by atomic mass is 35.5. The first-order chi connectivity index (χ1) is 10.3. The second-order valence-electron chi connectivity index (χ2n) is 6.22. The monoisotopic (exact) mass is 308 g/mol. The van der Waals surface area contributed by atoms with Gasteiger partial charge in [0.1, 0.15) is 0 Å². The van der Waals surface area contributed by atoms with E-state index < -0.39 is 0 Å². The summed E-state index contributed by atoms with van der Waals surface area (Å²) >= 11 is 6.53. The van der Waals surface area contributed by atoms with Crippen LogP contribution in [0.2, 0.25) is 0 Å². The lowest BCUT2D eigenvalue weighted by atomic mass is 10.0. The summed E-state index contributed by atoms with van der Waals surface area (Å²) in [6.45, 7) is 4.51. The van der Waals surface area contributed by atoms with Crippen molar-refractivity contribution in [3.8, 4) is 0 Å². The van der Waals surface area contributed by atoms with Gasteiger partial charge in [0.05, 0.1) is 5.38 Å². The molecule has 0 aromatic heterocycles. The van der Waals surface area contributed by atoms with Gasteiger partial charge in [-0.05, 0) is 30.4 Å². The first kappa shape index (κ1) is 18.6. The first-order valence-corrected chi connectivity index (χ1v) is 9.44. The van der Waals surface area contributed by atoms with E-state index >= 15 is 0 Å². The molecule has 0 saturated carbocycles. The third-order valence-electron chi connectivity index (χ3n) is 4.22. The minimum atomic E-state index is 0.195. The Morgan fingerprint density at radius 3 is 1.95 bits per heavy atom. The molecular weight excluding hydrogens is 276 g/mol.